The Hall–Kier alpha value is -0.940. The highest BCUT2D eigenvalue weighted by atomic mass is 16.5. The van der Waals surface area contributed by atoms with Gasteiger partial charge in [-0.1, -0.05) is 30.3 Å². The molecule has 1 aromatic carbocycles. The summed E-state index contributed by atoms with van der Waals surface area (Å²) in [5.41, 5.74) is 1.27. The third kappa shape index (κ3) is 5.78. The smallest absolute Gasteiger partial charge is 0.0716 e. The maximum atomic E-state index is 5.81. The minimum absolute atomic E-state index is 0.701. The molecule has 0 saturated carbocycles. The number of hydrogen-bond acceptors (Lipinski definition) is 4. The molecule has 25 heavy (non-hydrogen) atoms. The van der Waals surface area contributed by atoms with E-state index in [1.165, 1.54) is 44.6 Å². The number of ether oxygens (including phenoxy) is 1. The highest BCUT2D eigenvalue weighted by Crippen LogP contribution is 2.21. The molecule has 0 atom stereocenters. The van der Waals surface area contributed by atoms with E-state index in [1.807, 2.05) is 0 Å². The number of likely N-dealkylation sites (tertiary alicyclic amines) is 1. The average Bonchev–Trinajstić information content (AvgIpc) is 3.11. The monoisotopic (exact) mass is 345 g/mol. The molecule has 0 bridgehead atoms. The predicted octanol–water partition coefficient (Wildman–Crippen LogP) is 3.04. The number of benzene rings is 1. The largest absolute Gasteiger partial charge is 0.377 e. The number of rotatable bonds is 8. The number of nitrogens with zero attached hydrogens (tertiary/aromatic N) is 3. The molecular formula is C21H35N3O. The lowest BCUT2D eigenvalue weighted by atomic mass is 10.0. The van der Waals surface area contributed by atoms with Crippen molar-refractivity contribution in [1.82, 2.24) is 14.7 Å². The SMILES string of the molecule is CC(C)N1CCC(N2CCN(CCCOCc3ccccc3)C2)CC1. The van der Waals surface area contributed by atoms with E-state index in [0.717, 1.165) is 38.9 Å². The summed E-state index contributed by atoms with van der Waals surface area (Å²) in [7, 11) is 0. The Kier molecular flexibility index (Phi) is 7.29. The first-order valence-electron chi connectivity index (χ1n) is 10.0. The van der Waals surface area contributed by atoms with Gasteiger partial charge in [-0.15, -0.1) is 0 Å². The van der Waals surface area contributed by atoms with E-state index in [-0.39, 0.29) is 0 Å². The van der Waals surface area contributed by atoms with Crippen LogP contribution in [0, 0.1) is 0 Å². The molecule has 0 radical (unpaired) electrons. The summed E-state index contributed by atoms with van der Waals surface area (Å²) >= 11 is 0. The molecule has 2 saturated heterocycles. The second kappa shape index (κ2) is 9.67. The fourth-order valence-electron chi connectivity index (χ4n) is 4.07. The zero-order valence-electron chi connectivity index (χ0n) is 16.1. The summed E-state index contributed by atoms with van der Waals surface area (Å²) in [6, 6.07) is 12.0. The maximum absolute atomic E-state index is 5.81. The van der Waals surface area contributed by atoms with Crippen LogP contribution in [0.5, 0.6) is 0 Å². The van der Waals surface area contributed by atoms with Gasteiger partial charge in [0.15, 0.2) is 0 Å². The third-order valence-electron chi connectivity index (χ3n) is 5.71. The van der Waals surface area contributed by atoms with Crippen molar-refractivity contribution in [3.8, 4) is 0 Å². The van der Waals surface area contributed by atoms with Crippen LogP contribution < -0.4 is 0 Å². The lowest BCUT2D eigenvalue weighted by Gasteiger charge is -2.38. The van der Waals surface area contributed by atoms with Crippen LogP contribution in [0.3, 0.4) is 0 Å². The first kappa shape index (κ1) is 18.8. The molecule has 2 heterocycles. The van der Waals surface area contributed by atoms with Crippen molar-refractivity contribution >= 4 is 0 Å². The van der Waals surface area contributed by atoms with Gasteiger partial charge in [0, 0.05) is 38.3 Å². The fourth-order valence-corrected chi connectivity index (χ4v) is 4.07. The molecule has 0 spiro atoms. The van der Waals surface area contributed by atoms with E-state index >= 15 is 0 Å². The molecule has 0 aliphatic carbocycles. The summed E-state index contributed by atoms with van der Waals surface area (Å²) < 4.78 is 5.81. The zero-order valence-corrected chi connectivity index (χ0v) is 16.1. The molecule has 0 unspecified atom stereocenters. The van der Waals surface area contributed by atoms with Crippen LogP contribution in [-0.2, 0) is 11.3 Å². The van der Waals surface area contributed by atoms with Crippen LogP contribution in [0.15, 0.2) is 30.3 Å². The Balaban J connectivity index is 1.27. The average molecular weight is 346 g/mol. The highest BCUT2D eigenvalue weighted by molar-refractivity contribution is 5.13. The highest BCUT2D eigenvalue weighted by Gasteiger charge is 2.29. The lowest BCUT2D eigenvalue weighted by Crippen LogP contribution is -2.46. The first-order chi connectivity index (χ1) is 12.2. The molecule has 4 heteroatoms. The minimum Gasteiger partial charge on any atom is -0.377 e. The third-order valence-corrected chi connectivity index (χ3v) is 5.71. The van der Waals surface area contributed by atoms with Crippen molar-refractivity contribution in [2.24, 2.45) is 0 Å². The van der Waals surface area contributed by atoms with E-state index in [1.54, 1.807) is 0 Å². The van der Waals surface area contributed by atoms with Crippen molar-refractivity contribution in [3.63, 3.8) is 0 Å². The zero-order chi connectivity index (χ0) is 17.5. The van der Waals surface area contributed by atoms with E-state index in [4.69, 9.17) is 4.74 Å². The Morgan fingerprint density at radius 1 is 1.04 bits per heavy atom. The molecule has 0 aromatic heterocycles. The summed E-state index contributed by atoms with van der Waals surface area (Å²) in [5.74, 6) is 0. The molecule has 0 N–H and O–H groups in total. The van der Waals surface area contributed by atoms with Crippen LogP contribution in [0.1, 0.15) is 38.7 Å². The van der Waals surface area contributed by atoms with Crippen LogP contribution in [0.4, 0.5) is 0 Å². The molecule has 2 fully saturated rings. The molecule has 1 aromatic rings. The standard InChI is InChI=1S/C21H35N3O/c1-19(2)23-12-9-21(10-13-23)24-15-14-22(18-24)11-6-16-25-17-20-7-4-3-5-8-20/h3-5,7-8,19,21H,6,9-18H2,1-2H3. The summed E-state index contributed by atoms with van der Waals surface area (Å²) in [6.45, 7) is 13.6. The van der Waals surface area contributed by atoms with E-state index in [0.29, 0.717) is 6.04 Å². The summed E-state index contributed by atoms with van der Waals surface area (Å²) in [4.78, 5) is 7.93. The molecule has 0 amide bonds. The van der Waals surface area contributed by atoms with E-state index < -0.39 is 0 Å². The van der Waals surface area contributed by atoms with Crippen LogP contribution >= 0.6 is 0 Å². The summed E-state index contributed by atoms with van der Waals surface area (Å²) in [5, 5.41) is 0. The number of hydrogen-bond donors (Lipinski definition) is 0. The van der Waals surface area contributed by atoms with Gasteiger partial charge in [0.05, 0.1) is 13.3 Å². The van der Waals surface area contributed by atoms with Crippen molar-refractivity contribution in [3.05, 3.63) is 35.9 Å². The van der Waals surface area contributed by atoms with Crippen LogP contribution in [-0.4, -0.2) is 72.8 Å². The van der Waals surface area contributed by atoms with Gasteiger partial charge in [-0.3, -0.25) is 9.80 Å². The normalized spacial score (nSPS) is 21.4. The molecule has 2 aliphatic rings. The Bertz CT molecular complexity index is 485. The van der Waals surface area contributed by atoms with E-state index in [9.17, 15) is 0 Å². The van der Waals surface area contributed by atoms with Gasteiger partial charge in [0.25, 0.3) is 0 Å². The fraction of sp³-hybridized carbons (Fsp3) is 0.714. The van der Waals surface area contributed by atoms with Gasteiger partial charge in [-0.05, 0) is 51.8 Å². The van der Waals surface area contributed by atoms with Crippen molar-refractivity contribution < 1.29 is 4.74 Å². The van der Waals surface area contributed by atoms with Crippen LogP contribution in [0.2, 0.25) is 0 Å². The molecule has 2 aliphatic heterocycles. The Morgan fingerprint density at radius 2 is 1.80 bits per heavy atom. The van der Waals surface area contributed by atoms with Crippen LogP contribution in [0.25, 0.3) is 0 Å². The quantitative estimate of drug-likeness (QED) is 0.674. The van der Waals surface area contributed by atoms with Gasteiger partial charge < -0.3 is 9.64 Å². The van der Waals surface area contributed by atoms with Gasteiger partial charge in [0.2, 0.25) is 0 Å². The first-order valence-corrected chi connectivity index (χ1v) is 10.0. The Morgan fingerprint density at radius 3 is 2.52 bits per heavy atom. The van der Waals surface area contributed by atoms with Gasteiger partial charge >= 0.3 is 0 Å². The predicted molar refractivity (Wildman–Crippen MR) is 104 cm³/mol. The van der Waals surface area contributed by atoms with Crippen molar-refractivity contribution in [2.75, 3.05) is 46.0 Å². The molecule has 140 valence electrons. The molecule has 4 nitrogen and oxygen atoms in total. The second-order valence-electron chi connectivity index (χ2n) is 7.82. The van der Waals surface area contributed by atoms with Crippen molar-refractivity contribution in [1.29, 1.82) is 0 Å². The molecular weight excluding hydrogens is 310 g/mol. The van der Waals surface area contributed by atoms with E-state index in [2.05, 4.69) is 58.9 Å². The summed E-state index contributed by atoms with van der Waals surface area (Å²) in [6.07, 6.45) is 3.81. The minimum atomic E-state index is 0.701. The van der Waals surface area contributed by atoms with Gasteiger partial charge in [-0.2, -0.15) is 0 Å². The lowest BCUT2D eigenvalue weighted by molar-refractivity contribution is 0.0884. The van der Waals surface area contributed by atoms with Gasteiger partial charge in [-0.25, -0.2) is 0 Å². The van der Waals surface area contributed by atoms with Gasteiger partial charge in [0.1, 0.15) is 0 Å². The Labute approximate surface area is 153 Å². The topological polar surface area (TPSA) is 19.0 Å². The maximum Gasteiger partial charge on any atom is 0.0716 e. The second-order valence-corrected chi connectivity index (χ2v) is 7.82. The molecule has 3 rings (SSSR count). The van der Waals surface area contributed by atoms with Crippen molar-refractivity contribution in [2.45, 2.75) is 51.8 Å². The number of piperidine rings is 1.